The molecule has 0 aliphatic carbocycles. The summed E-state index contributed by atoms with van der Waals surface area (Å²) in [4.78, 5) is 15.5. The lowest BCUT2D eigenvalue weighted by Gasteiger charge is -2.09. The first-order valence-electron chi connectivity index (χ1n) is 5.37. The van der Waals surface area contributed by atoms with Gasteiger partial charge in [0.15, 0.2) is 0 Å². The summed E-state index contributed by atoms with van der Waals surface area (Å²) in [5, 5.41) is 2.76. The maximum atomic E-state index is 11.6. The van der Waals surface area contributed by atoms with Crippen molar-refractivity contribution in [3.05, 3.63) is 18.3 Å². The van der Waals surface area contributed by atoms with Crippen molar-refractivity contribution in [1.29, 1.82) is 0 Å². The lowest BCUT2D eigenvalue weighted by atomic mass is 10.2. The third-order valence-electron chi connectivity index (χ3n) is 2.51. The van der Waals surface area contributed by atoms with Gasteiger partial charge in [0, 0.05) is 6.61 Å². The summed E-state index contributed by atoms with van der Waals surface area (Å²) in [7, 11) is 0. The fraction of sp³-hybridized carbons (Fsp3) is 0.455. The highest BCUT2D eigenvalue weighted by atomic mass is 16.5. The molecular weight excluding hydrogens is 206 g/mol. The molecule has 5 nitrogen and oxygen atoms in total. The average molecular weight is 221 g/mol. The van der Waals surface area contributed by atoms with Crippen molar-refractivity contribution < 1.29 is 9.53 Å². The van der Waals surface area contributed by atoms with E-state index in [1.807, 2.05) is 0 Å². The zero-order chi connectivity index (χ0) is 11.4. The van der Waals surface area contributed by atoms with Crippen LogP contribution in [0.3, 0.4) is 0 Å². The van der Waals surface area contributed by atoms with E-state index in [0.29, 0.717) is 17.9 Å². The first-order valence-corrected chi connectivity index (χ1v) is 5.37. The number of carbonyl (C=O) groups is 1. The van der Waals surface area contributed by atoms with Crippen LogP contribution < -0.4 is 11.1 Å². The van der Waals surface area contributed by atoms with Crippen molar-refractivity contribution in [2.75, 3.05) is 17.7 Å². The number of nitrogens with zero attached hydrogens (tertiary/aromatic N) is 1. The van der Waals surface area contributed by atoms with Gasteiger partial charge in [0.25, 0.3) is 0 Å². The van der Waals surface area contributed by atoms with Crippen LogP contribution in [0.1, 0.15) is 19.3 Å². The topological polar surface area (TPSA) is 77.2 Å². The smallest absolute Gasteiger partial charge is 0.227 e. The van der Waals surface area contributed by atoms with Gasteiger partial charge in [-0.1, -0.05) is 0 Å². The minimum absolute atomic E-state index is 0.0431. The highest BCUT2D eigenvalue weighted by molar-refractivity contribution is 5.90. The second kappa shape index (κ2) is 4.94. The van der Waals surface area contributed by atoms with Crippen LogP contribution in [0.2, 0.25) is 0 Å². The average Bonchev–Trinajstić information content (AvgIpc) is 2.74. The Morgan fingerprint density at radius 3 is 3.12 bits per heavy atom. The predicted molar refractivity (Wildman–Crippen MR) is 60.9 cm³/mol. The fourth-order valence-electron chi connectivity index (χ4n) is 1.70. The zero-order valence-electron chi connectivity index (χ0n) is 8.98. The summed E-state index contributed by atoms with van der Waals surface area (Å²) < 4.78 is 5.38. The van der Waals surface area contributed by atoms with Crippen molar-refractivity contribution in [3.63, 3.8) is 0 Å². The Hall–Kier alpha value is -1.62. The standard InChI is InChI=1S/C11H15N3O2/c12-10-4-3-8(7-13-10)14-11(15)6-9-2-1-5-16-9/h3-4,7,9H,1-2,5-6H2,(H2,12,13)(H,14,15). The summed E-state index contributed by atoms with van der Waals surface area (Å²) in [5.74, 6) is 0.399. The molecule has 1 fully saturated rings. The van der Waals surface area contributed by atoms with Gasteiger partial charge in [0.05, 0.1) is 24.4 Å². The Kier molecular flexibility index (Phi) is 3.36. The van der Waals surface area contributed by atoms with Gasteiger partial charge >= 0.3 is 0 Å². The largest absolute Gasteiger partial charge is 0.384 e. The molecule has 1 aliphatic rings. The van der Waals surface area contributed by atoms with Crippen molar-refractivity contribution in [1.82, 2.24) is 4.98 Å². The second-order valence-electron chi connectivity index (χ2n) is 3.86. The Morgan fingerprint density at radius 1 is 1.62 bits per heavy atom. The molecule has 1 aliphatic heterocycles. The van der Waals surface area contributed by atoms with Crippen molar-refractivity contribution in [2.45, 2.75) is 25.4 Å². The van der Waals surface area contributed by atoms with E-state index < -0.39 is 0 Å². The number of nitrogens with one attached hydrogen (secondary N) is 1. The molecule has 1 unspecified atom stereocenters. The Bertz CT molecular complexity index is 358. The molecule has 2 heterocycles. The van der Waals surface area contributed by atoms with E-state index in [1.54, 1.807) is 18.3 Å². The van der Waals surface area contributed by atoms with Crippen LogP contribution >= 0.6 is 0 Å². The monoisotopic (exact) mass is 221 g/mol. The van der Waals surface area contributed by atoms with Gasteiger partial charge in [0.1, 0.15) is 5.82 Å². The summed E-state index contributed by atoms with van der Waals surface area (Å²) in [6.07, 6.45) is 4.03. The highest BCUT2D eigenvalue weighted by Crippen LogP contribution is 2.16. The number of nitrogen functional groups attached to an aromatic ring is 1. The quantitative estimate of drug-likeness (QED) is 0.803. The summed E-state index contributed by atoms with van der Waals surface area (Å²) >= 11 is 0. The van der Waals surface area contributed by atoms with Gasteiger partial charge in [-0.2, -0.15) is 0 Å². The number of carbonyl (C=O) groups excluding carboxylic acids is 1. The van der Waals surface area contributed by atoms with Crippen LogP contribution in [-0.2, 0) is 9.53 Å². The first kappa shape index (κ1) is 10.9. The van der Waals surface area contributed by atoms with Crippen molar-refractivity contribution in [2.24, 2.45) is 0 Å². The van der Waals surface area contributed by atoms with E-state index in [1.165, 1.54) is 0 Å². The van der Waals surface area contributed by atoms with Gasteiger partial charge in [-0.05, 0) is 25.0 Å². The van der Waals surface area contributed by atoms with Gasteiger partial charge in [-0.3, -0.25) is 4.79 Å². The van der Waals surface area contributed by atoms with Gasteiger partial charge < -0.3 is 15.8 Å². The molecule has 1 atom stereocenters. The number of hydrogen-bond donors (Lipinski definition) is 2. The number of pyridine rings is 1. The summed E-state index contributed by atoms with van der Waals surface area (Å²) in [5.41, 5.74) is 6.11. The van der Waals surface area contributed by atoms with E-state index in [0.717, 1.165) is 19.4 Å². The predicted octanol–water partition coefficient (Wildman–Crippen LogP) is 1.17. The number of aromatic nitrogens is 1. The summed E-state index contributed by atoms with van der Waals surface area (Å²) in [6.45, 7) is 0.765. The molecule has 0 bridgehead atoms. The molecule has 0 saturated carbocycles. The number of nitrogens with two attached hydrogens (primary N) is 1. The second-order valence-corrected chi connectivity index (χ2v) is 3.86. The number of amides is 1. The van der Waals surface area contributed by atoms with E-state index in [-0.39, 0.29) is 12.0 Å². The molecular formula is C11H15N3O2. The maximum absolute atomic E-state index is 11.6. The highest BCUT2D eigenvalue weighted by Gasteiger charge is 2.18. The molecule has 1 amide bonds. The zero-order valence-corrected chi connectivity index (χ0v) is 8.98. The molecule has 16 heavy (non-hydrogen) atoms. The molecule has 1 aromatic rings. The van der Waals surface area contributed by atoms with Crippen LogP contribution in [-0.4, -0.2) is 23.6 Å². The van der Waals surface area contributed by atoms with Gasteiger partial charge in [-0.15, -0.1) is 0 Å². The number of rotatable bonds is 3. The van der Waals surface area contributed by atoms with Crippen molar-refractivity contribution >= 4 is 17.4 Å². The normalized spacial score (nSPS) is 19.6. The van der Waals surface area contributed by atoms with Gasteiger partial charge in [-0.25, -0.2) is 4.98 Å². The summed E-state index contributed by atoms with van der Waals surface area (Å²) in [6, 6.07) is 3.39. The number of ether oxygens (including phenoxy) is 1. The van der Waals surface area contributed by atoms with Crippen LogP contribution in [0, 0.1) is 0 Å². The Morgan fingerprint density at radius 2 is 2.50 bits per heavy atom. The molecule has 1 aromatic heterocycles. The number of hydrogen-bond acceptors (Lipinski definition) is 4. The molecule has 86 valence electrons. The third kappa shape index (κ3) is 2.93. The lowest BCUT2D eigenvalue weighted by Crippen LogP contribution is -2.19. The minimum Gasteiger partial charge on any atom is -0.384 e. The van der Waals surface area contributed by atoms with Crippen LogP contribution in [0.15, 0.2) is 18.3 Å². The maximum Gasteiger partial charge on any atom is 0.227 e. The van der Waals surface area contributed by atoms with Gasteiger partial charge in [0.2, 0.25) is 5.91 Å². The third-order valence-corrected chi connectivity index (χ3v) is 2.51. The molecule has 5 heteroatoms. The first-order chi connectivity index (χ1) is 7.74. The SMILES string of the molecule is Nc1ccc(NC(=O)CC2CCCO2)cn1. The minimum atomic E-state index is -0.0431. The van der Waals surface area contributed by atoms with Crippen LogP contribution in [0.5, 0.6) is 0 Å². The van der Waals surface area contributed by atoms with Crippen LogP contribution in [0.4, 0.5) is 11.5 Å². The molecule has 0 spiro atoms. The van der Waals surface area contributed by atoms with E-state index in [2.05, 4.69) is 10.3 Å². The molecule has 3 N–H and O–H groups in total. The molecule has 2 rings (SSSR count). The molecule has 1 saturated heterocycles. The fourth-order valence-corrected chi connectivity index (χ4v) is 1.70. The van der Waals surface area contributed by atoms with Crippen molar-refractivity contribution in [3.8, 4) is 0 Å². The van der Waals surface area contributed by atoms with Crippen LogP contribution in [0.25, 0.3) is 0 Å². The molecule has 0 aromatic carbocycles. The lowest BCUT2D eigenvalue weighted by molar-refractivity contribution is -0.118. The van der Waals surface area contributed by atoms with E-state index in [9.17, 15) is 4.79 Å². The Labute approximate surface area is 94.0 Å². The van der Waals surface area contributed by atoms with E-state index in [4.69, 9.17) is 10.5 Å². The van der Waals surface area contributed by atoms with E-state index >= 15 is 0 Å². The molecule has 0 radical (unpaired) electrons. The number of anilines is 2. The Balaban J connectivity index is 1.84.